The van der Waals surface area contributed by atoms with Crippen molar-refractivity contribution in [2.24, 2.45) is 4.99 Å². The van der Waals surface area contributed by atoms with Crippen LogP contribution in [-0.2, 0) is 25.8 Å². The minimum absolute atomic E-state index is 0. The van der Waals surface area contributed by atoms with Gasteiger partial charge in [-0.05, 0) is 37.7 Å². The fraction of sp³-hybridized carbons (Fsp3) is 0.571. The lowest BCUT2D eigenvalue weighted by Crippen LogP contribution is -2.38. The lowest BCUT2D eigenvalue weighted by molar-refractivity contribution is 0.593. The first kappa shape index (κ1) is 22.6. The number of halogens is 1. The summed E-state index contributed by atoms with van der Waals surface area (Å²) in [7, 11) is 1.82. The second-order valence-corrected chi connectivity index (χ2v) is 7.11. The summed E-state index contributed by atoms with van der Waals surface area (Å²) in [6.45, 7) is 2.89. The molecule has 0 bridgehead atoms. The lowest BCUT2D eigenvalue weighted by Gasteiger charge is -2.12. The molecule has 1 aromatic heterocycles. The maximum atomic E-state index is 4.41. The molecular weight excluding hydrogens is 463 g/mol. The number of rotatable bonds is 8. The summed E-state index contributed by atoms with van der Waals surface area (Å²) in [5, 5.41) is 15.6. The summed E-state index contributed by atoms with van der Waals surface area (Å²) < 4.78 is 2.34. The molecule has 2 aromatic rings. The molecule has 154 valence electrons. The molecule has 0 unspecified atom stereocenters. The van der Waals surface area contributed by atoms with E-state index in [4.69, 9.17) is 0 Å². The Balaban J connectivity index is 0.00000280. The van der Waals surface area contributed by atoms with Gasteiger partial charge in [-0.2, -0.15) is 0 Å². The number of aliphatic imine (C=N–C) groups is 1. The number of aromatic nitrogens is 3. The van der Waals surface area contributed by atoms with Crippen LogP contribution < -0.4 is 10.6 Å². The van der Waals surface area contributed by atoms with E-state index in [1.54, 1.807) is 0 Å². The van der Waals surface area contributed by atoms with Crippen LogP contribution >= 0.6 is 24.0 Å². The summed E-state index contributed by atoms with van der Waals surface area (Å²) >= 11 is 0. The molecule has 3 rings (SSSR count). The fourth-order valence-electron chi connectivity index (χ4n) is 3.55. The lowest BCUT2D eigenvalue weighted by atomic mass is 10.1. The Morgan fingerprint density at radius 2 is 1.75 bits per heavy atom. The minimum atomic E-state index is 0. The van der Waals surface area contributed by atoms with Gasteiger partial charge in [-0.1, -0.05) is 36.8 Å². The Hall–Kier alpha value is -1.64. The highest BCUT2D eigenvalue weighted by molar-refractivity contribution is 14.0. The van der Waals surface area contributed by atoms with Gasteiger partial charge in [-0.25, -0.2) is 0 Å². The molecule has 1 aliphatic heterocycles. The summed E-state index contributed by atoms with van der Waals surface area (Å²) in [6.07, 6.45) is 9.04. The van der Waals surface area contributed by atoms with Crippen molar-refractivity contribution in [3.8, 4) is 0 Å². The van der Waals surface area contributed by atoms with E-state index in [2.05, 4.69) is 60.7 Å². The molecular formula is C21H33IN6. The largest absolute Gasteiger partial charge is 0.356 e. The molecule has 7 heteroatoms. The van der Waals surface area contributed by atoms with Crippen LogP contribution in [-0.4, -0.2) is 40.9 Å². The molecule has 1 aromatic carbocycles. The number of guanidine groups is 1. The van der Waals surface area contributed by atoms with E-state index in [9.17, 15) is 0 Å². The van der Waals surface area contributed by atoms with Crippen molar-refractivity contribution in [3.05, 3.63) is 47.5 Å². The number of nitrogens with one attached hydrogen (secondary N) is 2. The highest BCUT2D eigenvalue weighted by Crippen LogP contribution is 2.15. The van der Waals surface area contributed by atoms with Crippen LogP contribution in [0.4, 0.5) is 0 Å². The first-order valence-corrected chi connectivity index (χ1v) is 10.3. The molecule has 2 N–H and O–H groups in total. The molecule has 28 heavy (non-hydrogen) atoms. The topological polar surface area (TPSA) is 67.1 Å². The summed E-state index contributed by atoms with van der Waals surface area (Å²) in [4.78, 5) is 4.31. The average Bonchev–Trinajstić information content (AvgIpc) is 2.93. The molecule has 0 atom stereocenters. The molecule has 0 fully saturated rings. The van der Waals surface area contributed by atoms with E-state index in [0.717, 1.165) is 63.5 Å². The smallest absolute Gasteiger partial charge is 0.190 e. The van der Waals surface area contributed by atoms with Gasteiger partial charge in [0.25, 0.3) is 0 Å². The van der Waals surface area contributed by atoms with Crippen molar-refractivity contribution in [2.45, 2.75) is 57.9 Å². The van der Waals surface area contributed by atoms with Crippen LogP contribution in [0.2, 0.25) is 0 Å². The van der Waals surface area contributed by atoms with Gasteiger partial charge in [0.1, 0.15) is 11.6 Å². The second kappa shape index (κ2) is 12.7. The third kappa shape index (κ3) is 7.07. The van der Waals surface area contributed by atoms with Gasteiger partial charge in [0.05, 0.1) is 0 Å². The average molecular weight is 496 g/mol. The van der Waals surface area contributed by atoms with Crippen molar-refractivity contribution in [1.82, 2.24) is 25.4 Å². The number of aryl methyl sites for hydroxylation is 3. The Morgan fingerprint density at radius 1 is 1.00 bits per heavy atom. The number of fused-ring (bicyclic) bond motifs is 1. The van der Waals surface area contributed by atoms with Gasteiger partial charge in [0, 0.05) is 39.5 Å². The molecule has 0 amide bonds. The molecule has 0 saturated carbocycles. The zero-order valence-electron chi connectivity index (χ0n) is 16.9. The van der Waals surface area contributed by atoms with E-state index in [-0.39, 0.29) is 24.0 Å². The van der Waals surface area contributed by atoms with E-state index >= 15 is 0 Å². The van der Waals surface area contributed by atoms with Crippen LogP contribution in [0.3, 0.4) is 0 Å². The first-order chi connectivity index (χ1) is 13.4. The van der Waals surface area contributed by atoms with Crippen molar-refractivity contribution in [1.29, 1.82) is 0 Å². The number of benzene rings is 1. The standard InChI is InChI=1S/C21H32N6.HI/c1-22-21(23-15-8-12-18-10-4-2-5-11-18)24-16-9-14-20-26-25-19-13-6-3-7-17-27(19)20;/h2,4-5,10-11H,3,6-9,12-17H2,1H3,(H2,22,23,24);1H. The second-order valence-electron chi connectivity index (χ2n) is 7.11. The van der Waals surface area contributed by atoms with E-state index in [0.29, 0.717) is 0 Å². The number of hydrogen-bond donors (Lipinski definition) is 2. The predicted molar refractivity (Wildman–Crippen MR) is 125 cm³/mol. The molecule has 1 aliphatic rings. The van der Waals surface area contributed by atoms with E-state index < -0.39 is 0 Å². The van der Waals surface area contributed by atoms with E-state index in [1.165, 1.54) is 30.7 Å². The minimum Gasteiger partial charge on any atom is -0.356 e. The Labute approximate surface area is 185 Å². The molecule has 6 nitrogen and oxygen atoms in total. The summed E-state index contributed by atoms with van der Waals surface area (Å²) in [6, 6.07) is 10.6. The highest BCUT2D eigenvalue weighted by atomic mass is 127. The molecule has 0 saturated heterocycles. The van der Waals surface area contributed by atoms with Crippen molar-refractivity contribution in [2.75, 3.05) is 20.1 Å². The van der Waals surface area contributed by atoms with Crippen LogP contribution in [0.5, 0.6) is 0 Å². The zero-order chi connectivity index (χ0) is 18.7. The van der Waals surface area contributed by atoms with Crippen LogP contribution in [0, 0.1) is 0 Å². The quantitative estimate of drug-likeness (QED) is 0.255. The molecule has 0 aliphatic carbocycles. The van der Waals surface area contributed by atoms with Crippen LogP contribution in [0.25, 0.3) is 0 Å². The van der Waals surface area contributed by atoms with Gasteiger partial charge in [0.15, 0.2) is 5.96 Å². The molecule has 0 radical (unpaired) electrons. The van der Waals surface area contributed by atoms with Gasteiger partial charge in [-0.15, -0.1) is 34.2 Å². The van der Waals surface area contributed by atoms with Crippen LogP contribution in [0.1, 0.15) is 49.3 Å². The third-order valence-corrected chi connectivity index (χ3v) is 5.06. The predicted octanol–water partition coefficient (Wildman–Crippen LogP) is 3.35. The Kier molecular flexibility index (Phi) is 10.3. The highest BCUT2D eigenvalue weighted by Gasteiger charge is 2.14. The van der Waals surface area contributed by atoms with Gasteiger partial charge < -0.3 is 15.2 Å². The SMILES string of the molecule is CN=C(NCCCc1ccccc1)NCCCc1nnc2n1CCCCC2.I. The zero-order valence-corrected chi connectivity index (χ0v) is 19.2. The maximum absolute atomic E-state index is 4.41. The Morgan fingerprint density at radius 3 is 2.50 bits per heavy atom. The van der Waals surface area contributed by atoms with Gasteiger partial charge >= 0.3 is 0 Å². The third-order valence-electron chi connectivity index (χ3n) is 5.06. The van der Waals surface area contributed by atoms with Crippen molar-refractivity contribution in [3.63, 3.8) is 0 Å². The van der Waals surface area contributed by atoms with Gasteiger partial charge in [0.2, 0.25) is 0 Å². The number of nitrogens with zero attached hydrogens (tertiary/aromatic N) is 4. The summed E-state index contributed by atoms with van der Waals surface area (Å²) in [5.41, 5.74) is 1.38. The maximum Gasteiger partial charge on any atom is 0.190 e. The van der Waals surface area contributed by atoms with Crippen LogP contribution in [0.15, 0.2) is 35.3 Å². The summed E-state index contributed by atoms with van der Waals surface area (Å²) in [5.74, 6) is 3.19. The van der Waals surface area contributed by atoms with Gasteiger partial charge in [-0.3, -0.25) is 4.99 Å². The molecule has 0 spiro atoms. The fourth-order valence-corrected chi connectivity index (χ4v) is 3.55. The number of hydrogen-bond acceptors (Lipinski definition) is 3. The first-order valence-electron chi connectivity index (χ1n) is 10.3. The molecule has 2 heterocycles. The monoisotopic (exact) mass is 496 g/mol. The normalized spacial score (nSPS) is 14.0. The van der Waals surface area contributed by atoms with Crippen molar-refractivity contribution >= 4 is 29.9 Å². The van der Waals surface area contributed by atoms with E-state index in [1.807, 2.05) is 7.05 Å². The Bertz CT molecular complexity index is 713. The van der Waals surface area contributed by atoms with Crippen molar-refractivity contribution < 1.29 is 0 Å².